The number of nitrogens with two attached hydrogens (primary N) is 1. The van der Waals surface area contributed by atoms with Gasteiger partial charge in [-0.25, -0.2) is 4.39 Å². The number of rotatable bonds is 5. The van der Waals surface area contributed by atoms with E-state index in [1.165, 1.54) is 12.1 Å². The van der Waals surface area contributed by atoms with Crippen LogP contribution in [0.25, 0.3) is 0 Å². The number of ether oxygens (including phenoxy) is 1. The Morgan fingerprint density at radius 1 is 1.20 bits per heavy atom. The summed E-state index contributed by atoms with van der Waals surface area (Å²) in [6.07, 6.45) is 0.447. The van der Waals surface area contributed by atoms with Gasteiger partial charge in [-0.2, -0.15) is 0 Å². The highest BCUT2D eigenvalue weighted by Gasteiger charge is 2.20. The lowest BCUT2D eigenvalue weighted by Gasteiger charge is -2.25. The molecule has 0 radical (unpaired) electrons. The van der Waals surface area contributed by atoms with Crippen molar-refractivity contribution >= 4 is 11.6 Å². The van der Waals surface area contributed by atoms with Crippen molar-refractivity contribution < 1.29 is 9.13 Å². The molecule has 0 saturated carbocycles. The van der Waals surface area contributed by atoms with E-state index in [9.17, 15) is 4.39 Å². The molecule has 0 spiro atoms. The average molecular weight is 294 g/mol. The lowest BCUT2D eigenvalue weighted by Crippen LogP contribution is -2.31. The molecule has 0 fully saturated rings. The van der Waals surface area contributed by atoms with Gasteiger partial charge in [0.25, 0.3) is 0 Å². The highest BCUT2D eigenvalue weighted by Crippen LogP contribution is 2.27. The van der Waals surface area contributed by atoms with Gasteiger partial charge in [-0.05, 0) is 48.4 Å². The smallest absolute Gasteiger partial charge is 0.139 e. The molecule has 2 nitrogen and oxygen atoms in total. The predicted octanol–water partition coefficient (Wildman–Crippen LogP) is 4.34. The normalized spacial score (nSPS) is 13.8. The van der Waals surface area contributed by atoms with Crippen LogP contribution >= 0.6 is 11.6 Å². The first-order valence-electron chi connectivity index (χ1n) is 6.53. The maximum atomic E-state index is 12.9. The third kappa shape index (κ3) is 3.71. The zero-order valence-electron chi connectivity index (χ0n) is 11.2. The molecular formula is C16H17ClFNO. The largest absolute Gasteiger partial charge is 0.484 e. The molecule has 0 aliphatic heterocycles. The van der Waals surface area contributed by atoms with Crippen molar-refractivity contribution in [2.75, 3.05) is 0 Å². The summed E-state index contributed by atoms with van der Waals surface area (Å²) < 4.78 is 18.8. The van der Waals surface area contributed by atoms with Gasteiger partial charge in [0.2, 0.25) is 0 Å². The number of hydrogen-bond donors (Lipinski definition) is 1. The van der Waals surface area contributed by atoms with E-state index < -0.39 is 0 Å². The van der Waals surface area contributed by atoms with Crippen molar-refractivity contribution in [1.29, 1.82) is 0 Å². The summed E-state index contributed by atoms with van der Waals surface area (Å²) in [5.74, 6) is 0.289. The second-order valence-corrected chi connectivity index (χ2v) is 5.06. The van der Waals surface area contributed by atoms with Crippen molar-refractivity contribution in [2.45, 2.75) is 25.5 Å². The van der Waals surface area contributed by atoms with Crippen LogP contribution in [0.3, 0.4) is 0 Å². The molecule has 0 bridgehead atoms. The third-order valence-corrected chi connectivity index (χ3v) is 3.35. The molecule has 0 aliphatic carbocycles. The van der Waals surface area contributed by atoms with Crippen LogP contribution in [0.1, 0.15) is 25.0 Å². The minimum atomic E-state index is -0.316. The summed E-state index contributed by atoms with van der Waals surface area (Å²) >= 11 is 6.01. The molecule has 2 atom stereocenters. The maximum Gasteiger partial charge on any atom is 0.139 e. The molecule has 4 heteroatoms. The fourth-order valence-corrected chi connectivity index (χ4v) is 2.16. The standard InChI is InChI=1S/C16H17ClFNO/c1-2-15(19)16(11-4-3-5-12(17)10-11)20-14-8-6-13(18)7-9-14/h3-10,15-16H,2,19H2,1H3. The molecule has 106 valence electrons. The summed E-state index contributed by atoms with van der Waals surface area (Å²) in [4.78, 5) is 0. The van der Waals surface area contributed by atoms with Gasteiger partial charge in [0.15, 0.2) is 0 Å². The SMILES string of the molecule is CCC(N)C(Oc1ccc(F)cc1)c1cccc(Cl)c1. The van der Waals surface area contributed by atoms with E-state index >= 15 is 0 Å². The molecule has 2 N–H and O–H groups in total. The minimum absolute atomic E-state index is 0.168. The summed E-state index contributed by atoms with van der Waals surface area (Å²) in [6, 6.07) is 13.2. The predicted molar refractivity (Wildman–Crippen MR) is 79.5 cm³/mol. The van der Waals surface area contributed by atoms with E-state index in [1.54, 1.807) is 18.2 Å². The fourth-order valence-electron chi connectivity index (χ4n) is 1.96. The van der Waals surface area contributed by atoms with Gasteiger partial charge in [0, 0.05) is 11.1 Å². The minimum Gasteiger partial charge on any atom is -0.484 e. The van der Waals surface area contributed by atoms with Gasteiger partial charge in [-0.1, -0.05) is 30.7 Å². The molecule has 2 rings (SSSR count). The Bertz CT molecular complexity index is 559. The monoisotopic (exact) mass is 293 g/mol. The van der Waals surface area contributed by atoms with Crippen molar-refractivity contribution in [2.24, 2.45) is 5.73 Å². The lowest BCUT2D eigenvalue weighted by molar-refractivity contribution is 0.171. The summed E-state index contributed by atoms with van der Waals surface area (Å²) in [6.45, 7) is 2.00. The molecule has 0 saturated heterocycles. The molecular weight excluding hydrogens is 277 g/mol. The third-order valence-electron chi connectivity index (χ3n) is 3.11. The van der Waals surface area contributed by atoms with E-state index in [0.29, 0.717) is 10.8 Å². The highest BCUT2D eigenvalue weighted by molar-refractivity contribution is 6.30. The van der Waals surface area contributed by atoms with Crippen LogP contribution in [0.5, 0.6) is 5.75 Å². The van der Waals surface area contributed by atoms with Crippen molar-refractivity contribution in [3.63, 3.8) is 0 Å². The zero-order valence-corrected chi connectivity index (χ0v) is 12.0. The topological polar surface area (TPSA) is 35.2 Å². The quantitative estimate of drug-likeness (QED) is 0.890. The van der Waals surface area contributed by atoms with E-state index in [2.05, 4.69) is 0 Å². The first-order valence-corrected chi connectivity index (χ1v) is 6.91. The van der Waals surface area contributed by atoms with Gasteiger partial charge < -0.3 is 10.5 Å². The Balaban J connectivity index is 2.26. The molecule has 2 aromatic carbocycles. The summed E-state index contributed by atoms with van der Waals surface area (Å²) in [5.41, 5.74) is 7.05. The first-order chi connectivity index (χ1) is 9.60. The van der Waals surface area contributed by atoms with Crippen molar-refractivity contribution in [1.82, 2.24) is 0 Å². The first kappa shape index (κ1) is 14.8. The molecule has 0 heterocycles. The fraction of sp³-hybridized carbons (Fsp3) is 0.250. The van der Waals surface area contributed by atoms with Crippen LogP contribution in [0.2, 0.25) is 5.02 Å². The highest BCUT2D eigenvalue weighted by atomic mass is 35.5. The van der Waals surface area contributed by atoms with Crippen LogP contribution in [0.4, 0.5) is 4.39 Å². The molecule has 2 aromatic rings. The Kier molecular flexibility index (Phi) is 4.99. The van der Waals surface area contributed by atoms with E-state index in [-0.39, 0.29) is 18.0 Å². The van der Waals surface area contributed by atoms with Gasteiger partial charge in [-0.3, -0.25) is 0 Å². The van der Waals surface area contributed by atoms with Crippen LogP contribution in [0, 0.1) is 5.82 Å². The number of halogens is 2. The summed E-state index contributed by atoms with van der Waals surface area (Å²) in [7, 11) is 0. The summed E-state index contributed by atoms with van der Waals surface area (Å²) in [5, 5.41) is 0.638. The molecule has 2 unspecified atom stereocenters. The van der Waals surface area contributed by atoms with Gasteiger partial charge in [0.1, 0.15) is 17.7 Å². The number of hydrogen-bond acceptors (Lipinski definition) is 2. The Morgan fingerprint density at radius 3 is 2.50 bits per heavy atom. The van der Waals surface area contributed by atoms with Crippen LogP contribution in [-0.2, 0) is 0 Å². The lowest BCUT2D eigenvalue weighted by atomic mass is 10.0. The van der Waals surface area contributed by atoms with Crippen LogP contribution in [-0.4, -0.2) is 6.04 Å². The Labute approximate surface area is 123 Å². The van der Waals surface area contributed by atoms with Crippen molar-refractivity contribution in [3.8, 4) is 5.75 Å². The number of benzene rings is 2. The molecule has 0 aliphatic rings. The molecule has 0 aromatic heterocycles. The van der Waals surface area contributed by atoms with E-state index in [0.717, 1.165) is 12.0 Å². The van der Waals surface area contributed by atoms with Crippen molar-refractivity contribution in [3.05, 3.63) is 64.9 Å². The van der Waals surface area contributed by atoms with Gasteiger partial charge in [-0.15, -0.1) is 0 Å². The van der Waals surface area contributed by atoms with Crippen LogP contribution in [0.15, 0.2) is 48.5 Å². The zero-order chi connectivity index (χ0) is 14.5. The second-order valence-electron chi connectivity index (χ2n) is 4.62. The molecule has 0 amide bonds. The maximum absolute atomic E-state index is 12.9. The molecule has 20 heavy (non-hydrogen) atoms. The average Bonchev–Trinajstić information content (AvgIpc) is 2.46. The van der Waals surface area contributed by atoms with E-state index in [1.807, 2.05) is 25.1 Å². The van der Waals surface area contributed by atoms with E-state index in [4.69, 9.17) is 22.1 Å². The van der Waals surface area contributed by atoms with Crippen LogP contribution < -0.4 is 10.5 Å². The van der Waals surface area contributed by atoms with Gasteiger partial charge in [0.05, 0.1) is 0 Å². The Hall–Kier alpha value is -1.58. The second kappa shape index (κ2) is 6.73. The Morgan fingerprint density at radius 2 is 1.90 bits per heavy atom. The van der Waals surface area contributed by atoms with Gasteiger partial charge >= 0.3 is 0 Å².